The highest BCUT2D eigenvalue weighted by Gasteiger charge is 2.44. The molecule has 1 aliphatic rings. The minimum Gasteiger partial charge on any atom is -0.399 e. The number of rotatable bonds is 4. The van der Waals surface area contributed by atoms with Gasteiger partial charge in [-0.05, 0) is 31.0 Å². The van der Waals surface area contributed by atoms with Gasteiger partial charge >= 0.3 is 6.18 Å². The number of halogens is 3. The van der Waals surface area contributed by atoms with E-state index in [0.717, 1.165) is 0 Å². The molecule has 0 atom stereocenters. The molecule has 1 saturated carbocycles. The molecule has 19 heavy (non-hydrogen) atoms. The summed E-state index contributed by atoms with van der Waals surface area (Å²) in [6, 6.07) is 4.73. The summed E-state index contributed by atoms with van der Waals surface area (Å²) < 4.78 is 62.4. The first-order valence-corrected chi connectivity index (χ1v) is 7.08. The smallest absolute Gasteiger partial charge is 0.399 e. The van der Waals surface area contributed by atoms with E-state index in [1.165, 1.54) is 24.3 Å². The van der Waals surface area contributed by atoms with Crippen LogP contribution in [0.25, 0.3) is 0 Å². The normalized spacial score (nSPS) is 16.8. The van der Waals surface area contributed by atoms with Gasteiger partial charge in [-0.15, -0.1) is 0 Å². The molecule has 1 aromatic rings. The summed E-state index contributed by atoms with van der Waals surface area (Å²) in [6.45, 7) is -1.46. The molecule has 0 heterocycles. The first-order valence-electron chi connectivity index (χ1n) is 5.64. The Bertz CT molecular complexity index is 568. The third kappa shape index (κ3) is 3.38. The molecule has 2 N–H and O–H groups in total. The zero-order valence-corrected chi connectivity index (χ0v) is 10.7. The molecule has 0 bridgehead atoms. The largest absolute Gasteiger partial charge is 0.402 e. The number of benzene rings is 1. The highest BCUT2D eigenvalue weighted by atomic mass is 32.2. The zero-order chi connectivity index (χ0) is 14.3. The topological polar surface area (TPSA) is 63.4 Å². The second kappa shape index (κ2) is 4.68. The number of nitrogen functional groups attached to an aromatic ring is 1. The molecular formula is C11H13F3N2O2S. The van der Waals surface area contributed by atoms with Crippen molar-refractivity contribution in [2.75, 3.05) is 12.3 Å². The van der Waals surface area contributed by atoms with Gasteiger partial charge in [0.15, 0.2) is 0 Å². The zero-order valence-electron chi connectivity index (χ0n) is 9.89. The van der Waals surface area contributed by atoms with Crippen LogP contribution in [0, 0.1) is 0 Å². The van der Waals surface area contributed by atoms with Gasteiger partial charge in [0, 0.05) is 11.7 Å². The second-order valence-corrected chi connectivity index (χ2v) is 6.36. The molecule has 0 amide bonds. The average molecular weight is 294 g/mol. The number of nitrogens with zero attached hydrogens (tertiary/aromatic N) is 1. The van der Waals surface area contributed by atoms with Crippen molar-refractivity contribution in [2.45, 2.75) is 30.0 Å². The van der Waals surface area contributed by atoms with Crippen LogP contribution in [0.3, 0.4) is 0 Å². The van der Waals surface area contributed by atoms with E-state index in [1.807, 2.05) is 0 Å². The Hall–Kier alpha value is -1.28. The lowest BCUT2D eigenvalue weighted by molar-refractivity contribution is -0.137. The number of hydrogen-bond acceptors (Lipinski definition) is 3. The van der Waals surface area contributed by atoms with Crippen molar-refractivity contribution < 1.29 is 21.6 Å². The van der Waals surface area contributed by atoms with Gasteiger partial charge in [-0.2, -0.15) is 17.5 Å². The van der Waals surface area contributed by atoms with Crippen molar-refractivity contribution in [3.05, 3.63) is 24.3 Å². The molecule has 0 aliphatic heterocycles. The van der Waals surface area contributed by atoms with Gasteiger partial charge in [0.1, 0.15) is 6.54 Å². The second-order valence-electron chi connectivity index (χ2n) is 4.47. The minimum absolute atomic E-state index is 0.198. The maximum Gasteiger partial charge on any atom is 0.402 e. The van der Waals surface area contributed by atoms with Crippen molar-refractivity contribution in [3.63, 3.8) is 0 Å². The number of hydrogen-bond donors (Lipinski definition) is 1. The van der Waals surface area contributed by atoms with E-state index in [1.54, 1.807) is 0 Å². The maximum absolute atomic E-state index is 12.5. The molecule has 4 nitrogen and oxygen atoms in total. The fraction of sp³-hybridized carbons (Fsp3) is 0.455. The molecular weight excluding hydrogens is 281 g/mol. The van der Waals surface area contributed by atoms with Gasteiger partial charge in [0.05, 0.1) is 4.90 Å². The molecule has 0 unspecified atom stereocenters. The quantitative estimate of drug-likeness (QED) is 0.864. The van der Waals surface area contributed by atoms with E-state index in [4.69, 9.17) is 5.73 Å². The molecule has 1 aromatic carbocycles. The van der Waals surface area contributed by atoms with Gasteiger partial charge in [0.2, 0.25) is 10.0 Å². The highest BCUT2D eigenvalue weighted by Crippen LogP contribution is 2.34. The Labute approximate surface area is 109 Å². The summed E-state index contributed by atoms with van der Waals surface area (Å²) in [5.41, 5.74) is 5.67. The summed E-state index contributed by atoms with van der Waals surface area (Å²) >= 11 is 0. The lowest BCUT2D eigenvalue weighted by atomic mass is 10.3. The Morgan fingerprint density at radius 1 is 1.32 bits per heavy atom. The number of sulfonamides is 1. The Morgan fingerprint density at radius 2 is 1.95 bits per heavy atom. The van der Waals surface area contributed by atoms with Crippen molar-refractivity contribution in [1.82, 2.24) is 4.31 Å². The van der Waals surface area contributed by atoms with Crippen molar-refractivity contribution >= 4 is 15.7 Å². The lowest BCUT2D eigenvalue weighted by Gasteiger charge is -2.23. The van der Waals surface area contributed by atoms with Crippen LogP contribution in [0.1, 0.15) is 12.8 Å². The molecule has 0 spiro atoms. The summed E-state index contributed by atoms with van der Waals surface area (Å²) in [4.78, 5) is -0.205. The molecule has 106 valence electrons. The van der Waals surface area contributed by atoms with Gasteiger partial charge in [-0.25, -0.2) is 8.42 Å². The summed E-state index contributed by atoms with van der Waals surface area (Å²) in [7, 11) is -4.16. The van der Waals surface area contributed by atoms with Gasteiger partial charge in [-0.3, -0.25) is 0 Å². The van der Waals surface area contributed by atoms with E-state index in [2.05, 4.69) is 0 Å². The van der Waals surface area contributed by atoms with E-state index < -0.39 is 28.8 Å². The van der Waals surface area contributed by atoms with Crippen LogP contribution in [0.2, 0.25) is 0 Å². The van der Waals surface area contributed by atoms with Gasteiger partial charge in [0.25, 0.3) is 0 Å². The lowest BCUT2D eigenvalue weighted by Crippen LogP contribution is -2.40. The predicted molar refractivity (Wildman–Crippen MR) is 63.8 cm³/mol. The third-order valence-corrected chi connectivity index (χ3v) is 4.65. The van der Waals surface area contributed by atoms with Crippen LogP contribution in [0.5, 0.6) is 0 Å². The Balaban J connectivity index is 2.35. The van der Waals surface area contributed by atoms with E-state index in [0.29, 0.717) is 17.1 Å². The number of anilines is 1. The van der Waals surface area contributed by atoms with Crippen LogP contribution in [-0.2, 0) is 10.0 Å². The molecule has 8 heteroatoms. The predicted octanol–water partition coefficient (Wildman–Crippen LogP) is 1.98. The highest BCUT2D eigenvalue weighted by molar-refractivity contribution is 7.89. The fourth-order valence-corrected chi connectivity index (χ4v) is 3.49. The third-order valence-electron chi connectivity index (χ3n) is 2.75. The van der Waals surface area contributed by atoms with Crippen molar-refractivity contribution in [1.29, 1.82) is 0 Å². The molecule has 0 saturated heterocycles. The SMILES string of the molecule is Nc1cccc(S(=O)(=O)N(CC(F)(F)F)C2CC2)c1. The van der Waals surface area contributed by atoms with Crippen LogP contribution in [0.15, 0.2) is 29.2 Å². The fourth-order valence-electron chi connectivity index (χ4n) is 1.76. The van der Waals surface area contributed by atoms with Crippen molar-refractivity contribution in [3.8, 4) is 0 Å². The van der Waals surface area contributed by atoms with Crippen molar-refractivity contribution in [2.24, 2.45) is 0 Å². The van der Waals surface area contributed by atoms with Gasteiger partial charge < -0.3 is 5.73 Å². The van der Waals surface area contributed by atoms with Crippen LogP contribution < -0.4 is 5.73 Å². The molecule has 1 aliphatic carbocycles. The monoisotopic (exact) mass is 294 g/mol. The molecule has 0 radical (unpaired) electrons. The Kier molecular flexibility index (Phi) is 3.48. The summed E-state index contributed by atoms with van der Waals surface area (Å²) in [5.74, 6) is 0. The van der Waals surface area contributed by atoms with Crippen LogP contribution >= 0.6 is 0 Å². The first kappa shape index (κ1) is 14.1. The van der Waals surface area contributed by atoms with E-state index >= 15 is 0 Å². The molecule has 0 aromatic heterocycles. The van der Waals surface area contributed by atoms with Crippen LogP contribution in [0.4, 0.5) is 18.9 Å². The minimum atomic E-state index is -4.56. The molecule has 2 rings (SSSR count). The number of alkyl halides is 3. The Morgan fingerprint density at radius 3 is 2.42 bits per heavy atom. The van der Waals surface area contributed by atoms with E-state index in [-0.39, 0.29) is 10.6 Å². The maximum atomic E-state index is 12.5. The first-order chi connectivity index (χ1) is 8.70. The van der Waals surface area contributed by atoms with E-state index in [9.17, 15) is 21.6 Å². The number of nitrogens with two attached hydrogens (primary N) is 1. The summed E-state index contributed by atoms with van der Waals surface area (Å²) in [5, 5.41) is 0. The van der Waals surface area contributed by atoms with Gasteiger partial charge in [-0.1, -0.05) is 6.07 Å². The average Bonchev–Trinajstić information content (AvgIpc) is 3.08. The molecule has 1 fully saturated rings. The van der Waals surface area contributed by atoms with Crippen LogP contribution in [-0.4, -0.2) is 31.5 Å². The summed E-state index contributed by atoms with van der Waals surface area (Å²) in [6.07, 6.45) is -3.65. The standard InChI is InChI=1S/C11H13F3N2O2S/c12-11(13,14)7-16(9-4-5-9)19(17,18)10-3-1-2-8(15)6-10/h1-3,6,9H,4-5,7,15H2.